The van der Waals surface area contributed by atoms with Gasteiger partial charge in [0.1, 0.15) is 5.82 Å². The Morgan fingerprint density at radius 1 is 1.37 bits per heavy atom. The summed E-state index contributed by atoms with van der Waals surface area (Å²) in [6.07, 6.45) is 0. The van der Waals surface area contributed by atoms with Crippen LogP contribution >= 0.6 is 51.7 Å². The van der Waals surface area contributed by atoms with Crippen LogP contribution in [0.3, 0.4) is 0 Å². The topological polar surface area (TPSA) is 41.6 Å². The molecule has 1 fully saturated rings. The number of halogens is 3. The summed E-state index contributed by atoms with van der Waals surface area (Å²) in [6.45, 7) is 2.28. The second-order valence-electron chi connectivity index (χ2n) is 4.05. The van der Waals surface area contributed by atoms with Gasteiger partial charge in [0.05, 0.1) is 6.54 Å². The highest BCUT2D eigenvalue weighted by atomic mass is 127. The Bertz CT molecular complexity index is 432. The molecular weight excluding hydrogens is 444 g/mol. The highest BCUT2D eigenvalue weighted by Gasteiger charge is 2.11. The second kappa shape index (κ2) is 8.31. The summed E-state index contributed by atoms with van der Waals surface area (Å²) in [4.78, 5) is 6.40. The largest absolute Gasteiger partial charge is 0.370 e. The van der Waals surface area contributed by atoms with Crippen LogP contribution in [0.4, 0.5) is 4.39 Å². The standard InChI is InChI=1S/C12H15BrFN3S.HI/c13-10-5-9(6-11(14)7-10)8-16-12(15)17-1-3-18-4-2-17;/h5-7H,1-4,8H2,(H2,15,16);1H. The van der Waals surface area contributed by atoms with Gasteiger partial charge < -0.3 is 10.6 Å². The number of nitrogens with two attached hydrogens (primary N) is 1. The van der Waals surface area contributed by atoms with E-state index >= 15 is 0 Å². The van der Waals surface area contributed by atoms with Gasteiger partial charge in [-0.1, -0.05) is 15.9 Å². The fourth-order valence-electron chi connectivity index (χ4n) is 1.77. The molecule has 1 aromatic carbocycles. The van der Waals surface area contributed by atoms with Crippen LogP contribution < -0.4 is 5.73 Å². The summed E-state index contributed by atoms with van der Waals surface area (Å²) in [7, 11) is 0. The SMILES string of the molecule is I.NC(=NCc1cc(F)cc(Br)c1)N1CCSCC1. The van der Waals surface area contributed by atoms with Gasteiger partial charge in [-0.05, 0) is 23.8 Å². The van der Waals surface area contributed by atoms with Gasteiger partial charge >= 0.3 is 0 Å². The molecule has 1 aliphatic heterocycles. The third kappa shape index (κ3) is 5.47. The Balaban J connectivity index is 0.00000180. The van der Waals surface area contributed by atoms with E-state index < -0.39 is 0 Å². The molecule has 3 nitrogen and oxygen atoms in total. The molecule has 0 aromatic heterocycles. The quantitative estimate of drug-likeness (QED) is 0.419. The number of aliphatic imine (C=N–C) groups is 1. The highest BCUT2D eigenvalue weighted by molar-refractivity contribution is 14.0. The minimum absolute atomic E-state index is 0. The Morgan fingerprint density at radius 2 is 2.05 bits per heavy atom. The van der Waals surface area contributed by atoms with Gasteiger partial charge in [0.15, 0.2) is 5.96 Å². The van der Waals surface area contributed by atoms with Gasteiger partial charge in [0.25, 0.3) is 0 Å². The lowest BCUT2D eigenvalue weighted by molar-refractivity contribution is 0.455. The Hall–Kier alpha value is -0.0200. The predicted octanol–water partition coefficient (Wildman–Crippen LogP) is 3.07. The molecule has 0 amide bonds. The lowest BCUT2D eigenvalue weighted by atomic mass is 10.2. The van der Waals surface area contributed by atoms with E-state index in [0.717, 1.165) is 34.6 Å². The van der Waals surface area contributed by atoms with Crippen LogP contribution in [0.25, 0.3) is 0 Å². The maximum absolute atomic E-state index is 13.2. The fourth-order valence-corrected chi connectivity index (χ4v) is 3.18. The molecule has 0 saturated carbocycles. The zero-order valence-corrected chi connectivity index (χ0v) is 15.0. The van der Waals surface area contributed by atoms with Gasteiger partial charge in [-0.25, -0.2) is 9.38 Å². The molecule has 1 saturated heterocycles. The molecule has 2 rings (SSSR count). The average Bonchev–Trinajstić information content (AvgIpc) is 2.36. The molecule has 0 unspecified atom stereocenters. The number of rotatable bonds is 2. The summed E-state index contributed by atoms with van der Waals surface area (Å²) in [5.41, 5.74) is 6.75. The third-order valence-corrected chi connectivity index (χ3v) is 4.08. The minimum atomic E-state index is -0.262. The Kier molecular flexibility index (Phi) is 7.45. The molecule has 0 radical (unpaired) electrons. The van der Waals surface area contributed by atoms with E-state index in [1.165, 1.54) is 12.1 Å². The van der Waals surface area contributed by atoms with E-state index in [9.17, 15) is 4.39 Å². The summed E-state index contributed by atoms with van der Waals surface area (Å²) in [6, 6.07) is 4.76. The molecule has 1 aromatic rings. The first-order valence-electron chi connectivity index (χ1n) is 5.73. The van der Waals surface area contributed by atoms with Crippen molar-refractivity contribution in [1.29, 1.82) is 0 Å². The van der Waals surface area contributed by atoms with Crippen molar-refractivity contribution in [1.82, 2.24) is 4.90 Å². The lowest BCUT2D eigenvalue weighted by Gasteiger charge is -2.27. The first-order valence-corrected chi connectivity index (χ1v) is 7.67. The number of nitrogens with zero attached hydrogens (tertiary/aromatic N) is 2. The van der Waals surface area contributed by atoms with Crippen LogP contribution in [0, 0.1) is 5.82 Å². The molecule has 106 valence electrons. The summed E-state index contributed by atoms with van der Waals surface area (Å²) in [5, 5.41) is 0. The van der Waals surface area contributed by atoms with Crippen molar-refractivity contribution in [2.24, 2.45) is 10.7 Å². The molecule has 1 aliphatic rings. The molecule has 0 bridgehead atoms. The molecule has 0 spiro atoms. The van der Waals surface area contributed by atoms with Crippen LogP contribution in [0.1, 0.15) is 5.56 Å². The van der Waals surface area contributed by atoms with E-state index in [1.807, 2.05) is 17.8 Å². The maximum Gasteiger partial charge on any atom is 0.191 e. The number of thioether (sulfide) groups is 1. The van der Waals surface area contributed by atoms with Crippen molar-refractivity contribution in [3.8, 4) is 0 Å². The molecule has 1 heterocycles. The predicted molar refractivity (Wildman–Crippen MR) is 93.7 cm³/mol. The first-order chi connectivity index (χ1) is 8.65. The van der Waals surface area contributed by atoms with Crippen molar-refractivity contribution >= 4 is 57.6 Å². The molecule has 19 heavy (non-hydrogen) atoms. The number of hydrogen-bond acceptors (Lipinski definition) is 2. The molecule has 7 heteroatoms. The van der Waals surface area contributed by atoms with Crippen LogP contribution in [-0.4, -0.2) is 35.5 Å². The third-order valence-electron chi connectivity index (χ3n) is 2.68. The van der Waals surface area contributed by atoms with Crippen LogP contribution in [0.5, 0.6) is 0 Å². The van der Waals surface area contributed by atoms with Gasteiger partial charge in [-0.15, -0.1) is 24.0 Å². The van der Waals surface area contributed by atoms with Crippen LogP contribution in [-0.2, 0) is 6.54 Å². The Morgan fingerprint density at radius 3 is 2.68 bits per heavy atom. The normalized spacial score (nSPS) is 16.1. The highest BCUT2D eigenvalue weighted by Crippen LogP contribution is 2.16. The van der Waals surface area contributed by atoms with Gasteiger partial charge in [0.2, 0.25) is 0 Å². The van der Waals surface area contributed by atoms with Gasteiger partial charge in [-0.3, -0.25) is 0 Å². The van der Waals surface area contributed by atoms with E-state index in [-0.39, 0.29) is 29.8 Å². The molecule has 0 atom stereocenters. The van der Waals surface area contributed by atoms with E-state index in [4.69, 9.17) is 5.73 Å². The van der Waals surface area contributed by atoms with E-state index in [0.29, 0.717) is 12.5 Å². The zero-order valence-electron chi connectivity index (χ0n) is 10.3. The molecule has 2 N–H and O–H groups in total. The molecular formula is C12H16BrFIN3S. The zero-order chi connectivity index (χ0) is 13.0. The smallest absolute Gasteiger partial charge is 0.191 e. The van der Waals surface area contributed by atoms with Crippen molar-refractivity contribution in [3.05, 3.63) is 34.1 Å². The van der Waals surface area contributed by atoms with Crippen molar-refractivity contribution in [2.45, 2.75) is 6.54 Å². The minimum Gasteiger partial charge on any atom is -0.370 e. The van der Waals surface area contributed by atoms with Crippen LogP contribution in [0.15, 0.2) is 27.7 Å². The van der Waals surface area contributed by atoms with Crippen LogP contribution in [0.2, 0.25) is 0 Å². The number of guanidine groups is 1. The number of hydrogen-bond donors (Lipinski definition) is 1. The summed E-state index contributed by atoms with van der Waals surface area (Å²) >= 11 is 5.19. The van der Waals surface area contributed by atoms with E-state index in [1.54, 1.807) is 0 Å². The van der Waals surface area contributed by atoms with Crippen molar-refractivity contribution in [3.63, 3.8) is 0 Å². The van der Waals surface area contributed by atoms with Crippen molar-refractivity contribution in [2.75, 3.05) is 24.6 Å². The monoisotopic (exact) mass is 459 g/mol. The van der Waals surface area contributed by atoms with Gasteiger partial charge in [-0.2, -0.15) is 11.8 Å². The fraction of sp³-hybridized carbons (Fsp3) is 0.417. The lowest BCUT2D eigenvalue weighted by Crippen LogP contribution is -2.42. The van der Waals surface area contributed by atoms with E-state index in [2.05, 4.69) is 25.8 Å². The Labute approximate surface area is 142 Å². The summed E-state index contributed by atoms with van der Waals surface area (Å²) < 4.78 is 13.9. The molecule has 0 aliphatic carbocycles. The number of benzene rings is 1. The first kappa shape index (κ1) is 17.0. The average molecular weight is 460 g/mol. The maximum atomic E-state index is 13.2. The van der Waals surface area contributed by atoms with Gasteiger partial charge in [0, 0.05) is 29.1 Å². The second-order valence-corrected chi connectivity index (χ2v) is 6.19. The summed E-state index contributed by atoms with van der Waals surface area (Å²) in [5.74, 6) is 2.46. The van der Waals surface area contributed by atoms with Crippen molar-refractivity contribution < 1.29 is 4.39 Å².